The van der Waals surface area contributed by atoms with E-state index in [1.165, 1.54) is 0 Å². The first-order valence-electron chi connectivity index (χ1n) is 20.1. The fraction of sp³-hybridized carbons (Fsp3) is 0.176. The number of nitrogens with zero attached hydrogens (tertiary/aromatic N) is 3. The largest absolute Gasteiger partial charge is 0.497 e. The summed E-state index contributed by atoms with van der Waals surface area (Å²) in [5.41, 5.74) is 5.62. The number of aliphatic hydroxyl groups is 1. The van der Waals surface area contributed by atoms with Crippen LogP contribution in [-0.4, -0.2) is 52.7 Å². The number of hydrogen-bond acceptors (Lipinski definition) is 8. The van der Waals surface area contributed by atoms with Gasteiger partial charge in [-0.25, -0.2) is 9.50 Å². The summed E-state index contributed by atoms with van der Waals surface area (Å²) < 4.78 is 27.2. The summed E-state index contributed by atoms with van der Waals surface area (Å²) in [6, 6.07) is 61.4. The van der Waals surface area contributed by atoms with Crippen LogP contribution in [0.3, 0.4) is 0 Å². The molecule has 0 bridgehead atoms. The molecule has 8 aromatic rings. The van der Waals surface area contributed by atoms with E-state index in [2.05, 4.69) is 90.2 Å². The Bertz CT molecular complexity index is 2540. The SMILES string of the molecule is COc1ccc(C(Nc2ncnn3c([C@H]4C[C@H](OC(c5ccccc5)(c5ccccc5)c5ccc(OC)cc5)[C@@H](CO)O4)ccc23)(c2ccccc2)c2ccccc2)cc1. The van der Waals surface area contributed by atoms with Crippen molar-refractivity contribution < 1.29 is 24.1 Å². The lowest BCUT2D eigenvalue weighted by atomic mass is 9.77. The highest BCUT2D eigenvalue weighted by Crippen LogP contribution is 2.47. The van der Waals surface area contributed by atoms with Crippen LogP contribution in [0.1, 0.15) is 51.6 Å². The van der Waals surface area contributed by atoms with Gasteiger partial charge in [0.2, 0.25) is 0 Å². The number of hydrogen-bond donors (Lipinski definition) is 2. The Morgan fingerprint density at radius 1 is 0.617 bits per heavy atom. The number of fused-ring (bicyclic) bond motifs is 1. The highest BCUT2D eigenvalue weighted by molar-refractivity contribution is 5.72. The maximum absolute atomic E-state index is 10.9. The topological polar surface area (TPSA) is 99.4 Å². The lowest BCUT2D eigenvalue weighted by Gasteiger charge is -2.39. The van der Waals surface area contributed by atoms with E-state index < -0.39 is 29.5 Å². The van der Waals surface area contributed by atoms with Gasteiger partial charge in [-0.05, 0) is 69.8 Å². The van der Waals surface area contributed by atoms with Crippen LogP contribution < -0.4 is 14.8 Å². The fourth-order valence-electron chi connectivity index (χ4n) is 8.70. The minimum Gasteiger partial charge on any atom is -0.497 e. The number of rotatable bonds is 14. The molecule has 1 fully saturated rings. The molecule has 300 valence electrons. The van der Waals surface area contributed by atoms with Gasteiger partial charge in [-0.3, -0.25) is 0 Å². The molecule has 0 spiro atoms. The molecule has 0 amide bonds. The summed E-state index contributed by atoms with van der Waals surface area (Å²) in [5.74, 6) is 2.15. The Morgan fingerprint density at radius 3 is 1.58 bits per heavy atom. The zero-order valence-electron chi connectivity index (χ0n) is 33.5. The molecule has 9 rings (SSSR count). The van der Waals surface area contributed by atoms with Crippen LogP contribution in [0.25, 0.3) is 5.52 Å². The van der Waals surface area contributed by atoms with Crippen molar-refractivity contribution in [3.05, 3.63) is 227 Å². The Balaban J connectivity index is 1.11. The Hall–Kier alpha value is -6.78. The van der Waals surface area contributed by atoms with Crippen LogP contribution in [0, 0.1) is 0 Å². The first kappa shape index (κ1) is 38.7. The van der Waals surface area contributed by atoms with Gasteiger partial charge < -0.3 is 29.4 Å². The molecule has 0 aliphatic carbocycles. The van der Waals surface area contributed by atoms with E-state index in [4.69, 9.17) is 29.0 Å². The molecule has 60 heavy (non-hydrogen) atoms. The zero-order chi connectivity index (χ0) is 40.9. The summed E-state index contributed by atoms with van der Waals surface area (Å²) in [7, 11) is 3.33. The molecule has 0 unspecified atom stereocenters. The zero-order valence-corrected chi connectivity index (χ0v) is 33.5. The number of methoxy groups -OCH3 is 2. The maximum Gasteiger partial charge on any atom is 0.155 e. The fourth-order valence-corrected chi connectivity index (χ4v) is 8.70. The standard InChI is InChI=1S/C51H46N4O5/c1-57-42-27-23-38(24-28-42)50(36-15-7-3-8-16-36,37-17-9-4-10-18-37)54-49-45-32-31-44(55(45)53-35-52-49)46-33-47(48(34-56)59-46)60-51(39-19-11-5-12-20-39,40-21-13-6-14-22-40)41-25-29-43(58-2)30-26-41/h3-32,35,46-48,56H,33-34H2,1-2H3,(H,52,53,54)/t46-,47+,48-/m1/s1. The van der Waals surface area contributed by atoms with Gasteiger partial charge in [-0.2, -0.15) is 5.10 Å². The van der Waals surface area contributed by atoms with Crippen LogP contribution in [0.15, 0.2) is 188 Å². The Morgan fingerprint density at radius 2 is 1.08 bits per heavy atom. The second kappa shape index (κ2) is 16.8. The number of anilines is 1. The van der Waals surface area contributed by atoms with Crippen molar-refractivity contribution in [3.63, 3.8) is 0 Å². The molecule has 3 heterocycles. The van der Waals surface area contributed by atoms with Crippen LogP contribution in [0.4, 0.5) is 5.82 Å². The van der Waals surface area contributed by atoms with E-state index in [0.717, 1.165) is 56.1 Å². The number of ether oxygens (including phenoxy) is 4. The first-order valence-corrected chi connectivity index (χ1v) is 20.1. The predicted molar refractivity (Wildman–Crippen MR) is 232 cm³/mol. The second-order valence-electron chi connectivity index (χ2n) is 14.9. The summed E-state index contributed by atoms with van der Waals surface area (Å²) in [4.78, 5) is 4.87. The molecule has 2 aromatic heterocycles. The summed E-state index contributed by atoms with van der Waals surface area (Å²) in [6.45, 7) is -0.229. The van der Waals surface area contributed by atoms with Crippen molar-refractivity contribution in [2.75, 3.05) is 26.1 Å². The molecule has 9 nitrogen and oxygen atoms in total. The Kier molecular flexibility index (Phi) is 10.9. The van der Waals surface area contributed by atoms with Crippen molar-refractivity contribution in [2.24, 2.45) is 0 Å². The molecule has 9 heteroatoms. The van der Waals surface area contributed by atoms with Crippen LogP contribution >= 0.6 is 0 Å². The molecule has 3 atom stereocenters. The smallest absolute Gasteiger partial charge is 0.155 e. The number of aliphatic hydroxyl groups excluding tert-OH is 1. The molecule has 0 radical (unpaired) electrons. The average molecular weight is 795 g/mol. The molecule has 2 N–H and O–H groups in total. The molecule has 1 aliphatic rings. The molecule has 6 aromatic carbocycles. The number of nitrogens with one attached hydrogen (secondary N) is 1. The van der Waals surface area contributed by atoms with Gasteiger partial charge in [0.15, 0.2) is 5.82 Å². The monoisotopic (exact) mass is 794 g/mol. The number of aromatic nitrogens is 3. The van der Waals surface area contributed by atoms with E-state index in [0.29, 0.717) is 12.2 Å². The van der Waals surface area contributed by atoms with E-state index in [1.54, 1.807) is 20.5 Å². The molecule has 0 saturated carbocycles. The highest BCUT2D eigenvalue weighted by Gasteiger charge is 2.46. The van der Waals surface area contributed by atoms with Crippen molar-refractivity contribution in [1.82, 2.24) is 14.6 Å². The minimum atomic E-state index is -1.04. The van der Waals surface area contributed by atoms with Gasteiger partial charge in [0.25, 0.3) is 0 Å². The van der Waals surface area contributed by atoms with Crippen LogP contribution in [-0.2, 0) is 20.6 Å². The van der Waals surface area contributed by atoms with Crippen LogP contribution in [0.2, 0.25) is 0 Å². The molecular formula is C51H46N4O5. The lowest BCUT2D eigenvalue weighted by molar-refractivity contribution is -0.0947. The highest BCUT2D eigenvalue weighted by atomic mass is 16.6. The minimum absolute atomic E-state index is 0.229. The predicted octanol–water partition coefficient (Wildman–Crippen LogP) is 9.35. The van der Waals surface area contributed by atoms with Gasteiger partial charge in [0.1, 0.15) is 46.7 Å². The third kappa shape index (κ3) is 6.96. The van der Waals surface area contributed by atoms with E-state index in [9.17, 15) is 5.11 Å². The van der Waals surface area contributed by atoms with Gasteiger partial charge in [0.05, 0.1) is 32.6 Å². The van der Waals surface area contributed by atoms with Crippen molar-refractivity contribution in [2.45, 2.75) is 35.9 Å². The van der Waals surface area contributed by atoms with E-state index in [1.807, 2.05) is 102 Å². The number of benzene rings is 6. The lowest BCUT2D eigenvalue weighted by Crippen LogP contribution is -2.40. The van der Waals surface area contributed by atoms with E-state index in [-0.39, 0.29) is 6.61 Å². The summed E-state index contributed by atoms with van der Waals surface area (Å²) >= 11 is 0. The van der Waals surface area contributed by atoms with Crippen molar-refractivity contribution >= 4 is 11.3 Å². The van der Waals surface area contributed by atoms with Crippen molar-refractivity contribution in [3.8, 4) is 11.5 Å². The maximum atomic E-state index is 10.9. The van der Waals surface area contributed by atoms with Gasteiger partial charge >= 0.3 is 0 Å². The third-order valence-electron chi connectivity index (χ3n) is 11.6. The normalized spacial score (nSPS) is 16.8. The van der Waals surface area contributed by atoms with Gasteiger partial charge in [-0.1, -0.05) is 146 Å². The van der Waals surface area contributed by atoms with E-state index >= 15 is 0 Å². The molecule has 1 saturated heterocycles. The summed E-state index contributed by atoms with van der Waals surface area (Å²) in [5, 5.41) is 19.6. The third-order valence-corrected chi connectivity index (χ3v) is 11.6. The van der Waals surface area contributed by atoms with Crippen molar-refractivity contribution in [1.29, 1.82) is 0 Å². The average Bonchev–Trinajstić information content (AvgIpc) is 3.95. The Labute approximate surface area is 349 Å². The molecule has 1 aliphatic heterocycles. The van der Waals surface area contributed by atoms with Gasteiger partial charge in [0, 0.05) is 6.42 Å². The quantitative estimate of drug-likeness (QED) is 0.105. The van der Waals surface area contributed by atoms with Gasteiger partial charge in [-0.15, -0.1) is 0 Å². The first-order chi connectivity index (χ1) is 29.6. The molecular weight excluding hydrogens is 749 g/mol. The second-order valence-corrected chi connectivity index (χ2v) is 14.9. The summed E-state index contributed by atoms with van der Waals surface area (Å²) in [6.07, 6.45) is 0.452. The van der Waals surface area contributed by atoms with Crippen LogP contribution in [0.5, 0.6) is 11.5 Å².